The van der Waals surface area contributed by atoms with E-state index in [1.807, 2.05) is 18.2 Å². The van der Waals surface area contributed by atoms with Gasteiger partial charge in [-0.2, -0.15) is 0 Å². The number of thiophene rings is 1. The minimum Gasteiger partial charge on any atom is -0.496 e. The molecule has 0 bridgehead atoms. The number of benzene rings is 1. The van der Waals surface area contributed by atoms with Crippen molar-refractivity contribution in [2.45, 2.75) is 32.0 Å². The predicted octanol–water partition coefficient (Wildman–Crippen LogP) is 4.57. The summed E-state index contributed by atoms with van der Waals surface area (Å²) in [6.45, 7) is 1.91. The molecule has 0 amide bonds. The van der Waals surface area contributed by atoms with Gasteiger partial charge in [0.25, 0.3) is 0 Å². The highest BCUT2D eigenvalue weighted by atomic mass is 35.5. The fourth-order valence-electron chi connectivity index (χ4n) is 2.44. The van der Waals surface area contributed by atoms with Crippen molar-refractivity contribution in [1.29, 1.82) is 0 Å². The van der Waals surface area contributed by atoms with Crippen molar-refractivity contribution in [1.82, 2.24) is 4.90 Å². The first-order valence-electron chi connectivity index (χ1n) is 6.86. The maximum atomic E-state index is 6.03. The Labute approximate surface area is 128 Å². The predicted molar refractivity (Wildman–Crippen MR) is 84.6 cm³/mol. The van der Waals surface area contributed by atoms with Crippen LogP contribution in [-0.2, 0) is 13.1 Å². The molecule has 1 aliphatic carbocycles. The van der Waals surface area contributed by atoms with Gasteiger partial charge in [-0.3, -0.25) is 4.90 Å². The number of rotatable bonds is 6. The summed E-state index contributed by atoms with van der Waals surface area (Å²) in [4.78, 5) is 3.86. The second-order valence-corrected chi connectivity index (χ2v) is 6.95. The second kappa shape index (κ2) is 6.17. The average Bonchev–Trinajstić information content (AvgIpc) is 3.23. The molecule has 4 heteroatoms. The Bertz CT molecular complexity index is 579. The lowest BCUT2D eigenvalue weighted by atomic mass is 10.2. The van der Waals surface area contributed by atoms with Gasteiger partial charge in [0.05, 0.1) is 11.4 Å². The molecule has 0 aliphatic heterocycles. The van der Waals surface area contributed by atoms with Gasteiger partial charge < -0.3 is 4.74 Å². The zero-order valence-electron chi connectivity index (χ0n) is 11.5. The summed E-state index contributed by atoms with van der Waals surface area (Å²) in [5.74, 6) is 0.974. The largest absolute Gasteiger partial charge is 0.496 e. The molecule has 0 radical (unpaired) electrons. The molecule has 106 valence electrons. The third-order valence-electron chi connectivity index (χ3n) is 3.62. The van der Waals surface area contributed by atoms with Crippen LogP contribution in [0.3, 0.4) is 0 Å². The molecule has 2 aromatic rings. The molecule has 3 rings (SSSR count). The minimum absolute atomic E-state index is 0.709. The maximum absolute atomic E-state index is 6.03. The van der Waals surface area contributed by atoms with Crippen molar-refractivity contribution in [3.63, 3.8) is 0 Å². The van der Waals surface area contributed by atoms with Crippen LogP contribution in [0.5, 0.6) is 5.75 Å². The number of hydrogen-bond acceptors (Lipinski definition) is 3. The van der Waals surface area contributed by atoms with Crippen molar-refractivity contribution < 1.29 is 4.74 Å². The van der Waals surface area contributed by atoms with Gasteiger partial charge in [0.2, 0.25) is 0 Å². The Morgan fingerprint density at radius 1 is 1.20 bits per heavy atom. The molecule has 1 saturated carbocycles. The highest BCUT2D eigenvalue weighted by Crippen LogP contribution is 2.33. The van der Waals surface area contributed by atoms with Gasteiger partial charge in [-0.15, -0.1) is 11.3 Å². The Morgan fingerprint density at radius 2 is 2.00 bits per heavy atom. The van der Waals surface area contributed by atoms with Crippen LogP contribution >= 0.6 is 22.9 Å². The molecule has 1 fully saturated rings. The summed E-state index contributed by atoms with van der Waals surface area (Å²) in [7, 11) is 1.74. The van der Waals surface area contributed by atoms with Crippen LogP contribution in [0, 0.1) is 0 Å². The molecule has 0 N–H and O–H groups in total. The van der Waals surface area contributed by atoms with Crippen molar-refractivity contribution >= 4 is 22.9 Å². The quantitative estimate of drug-likeness (QED) is 0.775. The van der Waals surface area contributed by atoms with Crippen molar-refractivity contribution in [3.05, 3.63) is 51.2 Å². The van der Waals surface area contributed by atoms with Gasteiger partial charge in [-0.05, 0) is 31.0 Å². The number of halogens is 1. The lowest BCUT2D eigenvalue weighted by Gasteiger charge is -2.22. The zero-order valence-corrected chi connectivity index (χ0v) is 13.1. The smallest absolute Gasteiger partial charge is 0.123 e. The Kier molecular flexibility index (Phi) is 4.29. The van der Waals surface area contributed by atoms with Crippen molar-refractivity contribution in [3.8, 4) is 5.75 Å². The molecule has 0 atom stereocenters. The van der Waals surface area contributed by atoms with Gasteiger partial charge in [0.15, 0.2) is 0 Å². The Hall–Kier alpha value is -1.03. The van der Waals surface area contributed by atoms with Gasteiger partial charge in [-0.1, -0.05) is 29.8 Å². The van der Waals surface area contributed by atoms with Crippen LogP contribution < -0.4 is 4.74 Å². The number of para-hydroxylation sites is 1. The van der Waals surface area contributed by atoms with Crippen LogP contribution in [0.15, 0.2) is 36.4 Å². The summed E-state index contributed by atoms with van der Waals surface area (Å²) >= 11 is 7.70. The number of nitrogens with zero attached hydrogens (tertiary/aromatic N) is 1. The van der Waals surface area contributed by atoms with E-state index >= 15 is 0 Å². The monoisotopic (exact) mass is 307 g/mol. The summed E-state index contributed by atoms with van der Waals surface area (Å²) in [5.41, 5.74) is 1.25. The third kappa shape index (κ3) is 3.35. The van der Waals surface area contributed by atoms with Crippen LogP contribution in [0.1, 0.15) is 23.3 Å². The number of ether oxygens (including phenoxy) is 1. The minimum atomic E-state index is 0.709. The normalized spacial score (nSPS) is 14.8. The van der Waals surface area contributed by atoms with Crippen molar-refractivity contribution in [2.75, 3.05) is 7.11 Å². The Morgan fingerprint density at radius 3 is 2.65 bits per heavy atom. The van der Waals surface area contributed by atoms with E-state index in [2.05, 4.69) is 23.1 Å². The molecule has 1 aromatic carbocycles. The van der Waals surface area contributed by atoms with E-state index in [1.165, 1.54) is 23.3 Å². The highest BCUT2D eigenvalue weighted by molar-refractivity contribution is 7.16. The molecule has 20 heavy (non-hydrogen) atoms. The summed E-state index contributed by atoms with van der Waals surface area (Å²) < 4.78 is 6.32. The van der Waals surface area contributed by atoms with E-state index in [9.17, 15) is 0 Å². The van der Waals surface area contributed by atoms with E-state index in [0.717, 1.165) is 23.2 Å². The molecule has 0 unspecified atom stereocenters. The SMILES string of the molecule is COc1ccccc1CN(Cc1ccc(Cl)s1)C1CC1. The first-order chi connectivity index (χ1) is 9.76. The fraction of sp³-hybridized carbons (Fsp3) is 0.375. The molecule has 1 heterocycles. The molecule has 2 nitrogen and oxygen atoms in total. The fourth-order valence-corrected chi connectivity index (χ4v) is 3.56. The van der Waals surface area contributed by atoms with Crippen molar-refractivity contribution in [2.24, 2.45) is 0 Å². The topological polar surface area (TPSA) is 12.5 Å². The van der Waals surface area contributed by atoms with Crippen LogP contribution in [0.2, 0.25) is 4.34 Å². The lowest BCUT2D eigenvalue weighted by Crippen LogP contribution is -2.24. The Balaban J connectivity index is 1.74. The van der Waals surface area contributed by atoms with E-state index < -0.39 is 0 Å². The first kappa shape index (κ1) is 13.9. The van der Waals surface area contributed by atoms with Gasteiger partial charge in [0, 0.05) is 29.6 Å². The summed E-state index contributed by atoms with van der Waals surface area (Å²) in [5, 5.41) is 0. The summed E-state index contributed by atoms with van der Waals surface area (Å²) in [6.07, 6.45) is 2.60. The molecular formula is C16H18ClNOS. The average molecular weight is 308 g/mol. The maximum Gasteiger partial charge on any atom is 0.123 e. The number of methoxy groups -OCH3 is 1. The zero-order chi connectivity index (χ0) is 13.9. The first-order valence-corrected chi connectivity index (χ1v) is 8.06. The van der Waals surface area contributed by atoms with Crippen LogP contribution in [0.4, 0.5) is 0 Å². The van der Waals surface area contributed by atoms with E-state index in [4.69, 9.17) is 16.3 Å². The van der Waals surface area contributed by atoms with E-state index in [1.54, 1.807) is 18.4 Å². The molecule has 1 aromatic heterocycles. The van der Waals surface area contributed by atoms with Gasteiger partial charge in [0.1, 0.15) is 5.75 Å². The molecule has 1 aliphatic rings. The van der Waals surface area contributed by atoms with Gasteiger partial charge in [-0.25, -0.2) is 0 Å². The van der Waals surface area contributed by atoms with Gasteiger partial charge >= 0.3 is 0 Å². The second-order valence-electron chi connectivity index (χ2n) is 5.15. The number of hydrogen-bond donors (Lipinski definition) is 0. The molecule has 0 spiro atoms. The van der Waals surface area contributed by atoms with E-state index in [-0.39, 0.29) is 0 Å². The standard InChI is InChI=1S/C16H18ClNOS/c1-19-15-5-3-2-4-12(15)10-18(13-6-7-13)11-14-8-9-16(17)20-14/h2-5,8-9,13H,6-7,10-11H2,1H3. The van der Waals surface area contributed by atoms with Crippen LogP contribution in [0.25, 0.3) is 0 Å². The van der Waals surface area contributed by atoms with E-state index in [0.29, 0.717) is 6.04 Å². The molecule has 0 saturated heterocycles. The molecular weight excluding hydrogens is 290 g/mol. The lowest BCUT2D eigenvalue weighted by molar-refractivity contribution is 0.244. The van der Waals surface area contributed by atoms with Crippen LogP contribution in [-0.4, -0.2) is 18.1 Å². The summed E-state index contributed by atoms with van der Waals surface area (Å²) in [6, 6.07) is 13.1. The third-order valence-corrected chi connectivity index (χ3v) is 4.83. The highest BCUT2D eigenvalue weighted by Gasteiger charge is 2.29.